The molecular weight excluding hydrogens is 888 g/mol. The maximum Gasteiger partial charge on any atom is 0.335 e. The molecule has 5 fully saturated rings. The molecule has 0 aromatic carbocycles. The molecule has 5 aliphatic heterocycles. The van der Waals surface area contributed by atoms with E-state index >= 15 is 0 Å². The molecule has 0 radical (unpaired) electrons. The summed E-state index contributed by atoms with van der Waals surface area (Å²) in [4.78, 5) is 25.5. The minimum Gasteiger partial charge on any atom is -0.479 e. The summed E-state index contributed by atoms with van der Waals surface area (Å²) in [6.07, 6.45) is -36.3. The number of carbonyl (C=O) groups is 2. The van der Waals surface area contributed by atoms with Crippen LogP contribution in [0, 0.1) is 5.92 Å². The van der Waals surface area contributed by atoms with Gasteiger partial charge in [0.2, 0.25) is 0 Å². The molecule has 0 aliphatic carbocycles. The Morgan fingerprint density at radius 1 is 0.385 bits per heavy atom. The first-order valence-corrected chi connectivity index (χ1v) is 20.6. The normalized spacial score (nSPS) is 47.3. The van der Waals surface area contributed by atoms with Gasteiger partial charge in [-0.2, -0.15) is 0 Å². The van der Waals surface area contributed by atoms with E-state index in [1.54, 1.807) is 6.92 Å². The number of aliphatic hydroxyl groups excluding tert-OH is 7. The molecule has 5 rings (SSSR count). The lowest BCUT2D eigenvalue weighted by Crippen LogP contribution is -2.69. The molecule has 5 heterocycles. The van der Waals surface area contributed by atoms with E-state index in [1.807, 2.05) is 0 Å². The summed E-state index contributed by atoms with van der Waals surface area (Å²) < 4.78 is 91.7. The van der Waals surface area contributed by atoms with Gasteiger partial charge >= 0.3 is 11.9 Å². The van der Waals surface area contributed by atoms with Crippen molar-refractivity contribution in [1.29, 1.82) is 0 Å². The molecule has 9 N–H and O–H groups in total. The lowest BCUT2D eigenvalue weighted by molar-refractivity contribution is -0.390. The van der Waals surface area contributed by atoms with Crippen LogP contribution in [0.1, 0.15) is 6.92 Å². The van der Waals surface area contributed by atoms with Crippen molar-refractivity contribution in [3.63, 3.8) is 0 Å². The molecule has 0 spiro atoms. The molecule has 65 heavy (non-hydrogen) atoms. The zero-order valence-corrected chi connectivity index (χ0v) is 36.9. The second kappa shape index (κ2) is 24.0. The van der Waals surface area contributed by atoms with Gasteiger partial charge in [0.25, 0.3) is 0 Å². The predicted molar refractivity (Wildman–Crippen MR) is 204 cm³/mol. The topological polar surface area (TPSA) is 364 Å². The molecule has 27 heteroatoms. The summed E-state index contributed by atoms with van der Waals surface area (Å²) in [5.41, 5.74) is 0. The van der Waals surface area contributed by atoms with Gasteiger partial charge < -0.3 is 122 Å². The number of hydrogen-bond acceptors (Lipinski definition) is 25. The average molecular weight is 953 g/mol. The predicted octanol–water partition coefficient (Wildman–Crippen LogP) is -5.89. The maximum absolute atomic E-state index is 12.8. The van der Waals surface area contributed by atoms with E-state index in [2.05, 4.69) is 0 Å². The van der Waals surface area contributed by atoms with E-state index in [1.165, 1.54) is 42.7 Å². The van der Waals surface area contributed by atoms with Crippen LogP contribution in [0.2, 0.25) is 0 Å². The molecule has 27 nitrogen and oxygen atoms in total. The van der Waals surface area contributed by atoms with E-state index in [9.17, 15) is 55.5 Å². The van der Waals surface area contributed by atoms with Crippen LogP contribution in [0.3, 0.4) is 0 Å². The standard InChI is InChI=1S/C38H64O27/c1-12-20(50-2)23(51-3)15(11-41)57-34(12)62-26-24(52-4)30(54-6)37(64-28(26)32(46)47)61-22-14(10-40)59-36(19(45)17(22)43)63-27-25(53-5)31(55-7)38(65-29(27)33(48)49)60-21-13(9-39)58-35(56-8)18(44)16(21)42/h12-31,34-45H,9-11H2,1-8H3,(H,46,47)(H,48,49)/t12?,13?,14-,15?,16+,17?,18?,19?,20+,21+,22+,23?,24-,25?,26-,27-,28?,29+,30?,31?,34+,35-,36+,37+,38+/m0/s1. The zero-order chi connectivity index (χ0) is 48.0. The van der Waals surface area contributed by atoms with Crippen LogP contribution in [-0.4, -0.2) is 275 Å². The summed E-state index contributed by atoms with van der Waals surface area (Å²) in [5, 5.41) is 95.6. The third kappa shape index (κ3) is 11.1. The largest absolute Gasteiger partial charge is 0.479 e. The Hall–Kier alpha value is -1.98. The van der Waals surface area contributed by atoms with Gasteiger partial charge in [0.15, 0.2) is 43.7 Å². The summed E-state index contributed by atoms with van der Waals surface area (Å²) in [6.45, 7) is -0.436. The summed E-state index contributed by atoms with van der Waals surface area (Å²) in [7, 11) is 8.86. The molecule has 378 valence electrons. The smallest absolute Gasteiger partial charge is 0.335 e. The van der Waals surface area contributed by atoms with Gasteiger partial charge in [0, 0.05) is 55.7 Å². The Labute approximate surface area is 373 Å². The third-order valence-corrected chi connectivity index (χ3v) is 12.3. The van der Waals surface area contributed by atoms with Gasteiger partial charge in [-0.05, 0) is 0 Å². The summed E-state index contributed by atoms with van der Waals surface area (Å²) in [5.74, 6) is -3.78. The molecule has 0 bridgehead atoms. The van der Waals surface area contributed by atoms with Crippen LogP contribution in [0.4, 0.5) is 0 Å². The third-order valence-electron chi connectivity index (χ3n) is 12.3. The molecule has 25 atom stereocenters. The van der Waals surface area contributed by atoms with E-state index in [4.69, 9.17) is 75.8 Å². The van der Waals surface area contributed by atoms with Crippen molar-refractivity contribution in [2.24, 2.45) is 5.92 Å². The van der Waals surface area contributed by atoms with Crippen molar-refractivity contribution in [2.45, 2.75) is 154 Å². The Balaban J connectivity index is 1.33. The van der Waals surface area contributed by atoms with Crippen molar-refractivity contribution in [1.82, 2.24) is 0 Å². The Kier molecular flexibility index (Phi) is 20.0. The fourth-order valence-electron chi connectivity index (χ4n) is 8.91. The monoisotopic (exact) mass is 952 g/mol. The molecule has 11 unspecified atom stereocenters. The van der Waals surface area contributed by atoms with E-state index in [0.717, 1.165) is 7.11 Å². The minimum absolute atomic E-state index is 0.490. The second-order valence-corrected chi connectivity index (χ2v) is 15.9. The van der Waals surface area contributed by atoms with Gasteiger partial charge in [-0.3, -0.25) is 0 Å². The van der Waals surface area contributed by atoms with Crippen molar-refractivity contribution in [3.05, 3.63) is 0 Å². The molecule has 0 aromatic heterocycles. The van der Waals surface area contributed by atoms with Crippen molar-refractivity contribution in [2.75, 3.05) is 69.6 Å². The minimum atomic E-state index is -2.08. The Morgan fingerprint density at radius 2 is 0.723 bits per heavy atom. The van der Waals surface area contributed by atoms with E-state index in [-0.39, 0.29) is 0 Å². The first kappa shape index (κ1) is 54.0. The van der Waals surface area contributed by atoms with Gasteiger partial charge in [-0.15, -0.1) is 0 Å². The van der Waals surface area contributed by atoms with Crippen molar-refractivity contribution in [3.8, 4) is 0 Å². The zero-order valence-electron chi connectivity index (χ0n) is 36.9. The van der Waals surface area contributed by atoms with E-state index in [0.29, 0.717) is 0 Å². The molecule has 0 amide bonds. The fraction of sp³-hybridized carbons (Fsp3) is 0.947. The molecular formula is C38H64O27. The number of aliphatic carboxylic acids is 2. The SMILES string of the molecule is COC1C(OC)[C@H](O[C@H]2O[C@@H](CO)[C@@H](O[C@@H]3OC(C(=O)O)[C@@H](O[C@H]4OC(CO)C(OC)[C@H](OC)C4C)[C@H](OC)C3OC)C(O)C2O)[C@H](C(=O)O)O[C@H]1O[C@@H]1C(CO)O[C@H](OC)C(O)[C@H]1O. The highest BCUT2D eigenvalue weighted by atomic mass is 16.8. The average Bonchev–Trinajstić information content (AvgIpc) is 3.30. The number of carboxylic acid groups (broad SMARTS) is 2. The van der Waals surface area contributed by atoms with E-state index < -0.39 is 185 Å². The summed E-state index contributed by atoms with van der Waals surface area (Å²) in [6, 6.07) is 0. The quantitative estimate of drug-likeness (QED) is 0.0549. The van der Waals surface area contributed by atoms with Crippen LogP contribution < -0.4 is 0 Å². The van der Waals surface area contributed by atoms with Crippen LogP contribution >= 0.6 is 0 Å². The fourth-order valence-corrected chi connectivity index (χ4v) is 8.91. The first-order valence-electron chi connectivity index (χ1n) is 20.6. The van der Waals surface area contributed by atoms with Crippen LogP contribution in [-0.2, 0) is 85.4 Å². The summed E-state index contributed by atoms with van der Waals surface area (Å²) >= 11 is 0. The van der Waals surface area contributed by atoms with Crippen molar-refractivity contribution < 1.29 is 131 Å². The molecule has 0 saturated carbocycles. The van der Waals surface area contributed by atoms with Crippen LogP contribution in [0.5, 0.6) is 0 Å². The number of aliphatic hydroxyl groups is 7. The van der Waals surface area contributed by atoms with Crippen molar-refractivity contribution >= 4 is 11.9 Å². The highest BCUT2D eigenvalue weighted by Crippen LogP contribution is 2.39. The number of hydrogen-bond donors (Lipinski definition) is 9. The van der Waals surface area contributed by atoms with Gasteiger partial charge in [0.1, 0.15) is 97.7 Å². The molecule has 5 saturated heterocycles. The highest BCUT2D eigenvalue weighted by Gasteiger charge is 2.59. The van der Waals surface area contributed by atoms with Gasteiger partial charge in [-0.25, -0.2) is 9.59 Å². The lowest BCUT2D eigenvalue weighted by Gasteiger charge is -2.50. The molecule has 0 aromatic rings. The maximum atomic E-state index is 12.8. The number of rotatable bonds is 20. The number of methoxy groups -OCH3 is 7. The van der Waals surface area contributed by atoms with Crippen LogP contribution in [0.15, 0.2) is 0 Å². The first-order chi connectivity index (χ1) is 31.0. The van der Waals surface area contributed by atoms with Gasteiger partial charge in [-0.1, -0.05) is 6.92 Å². The number of ether oxygens (including phenoxy) is 16. The number of carboxylic acids is 2. The molecule has 5 aliphatic rings. The highest BCUT2D eigenvalue weighted by molar-refractivity contribution is 5.74. The van der Waals surface area contributed by atoms with Gasteiger partial charge in [0.05, 0.1) is 25.9 Å². The Morgan fingerprint density at radius 3 is 1.09 bits per heavy atom. The second-order valence-electron chi connectivity index (χ2n) is 15.9. The lowest BCUT2D eigenvalue weighted by atomic mass is 9.91. The Bertz CT molecular complexity index is 1480. The van der Waals surface area contributed by atoms with Crippen LogP contribution in [0.25, 0.3) is 0 Å².